The third-order valence-electron chi connectivity index (χ3n) is 3.35. The third-order valence-corrected chi connectivity index (χ3v) is 3.35. The van der Waals surface area contributed by atoms with Crippen molar-refractivity contribution in [2.75, 3.05) is 26.3 Å². The lowest BCUT2D eigenvalue weighted by atomic mass is 10.2. The fourth-order valence-corrected chi connectivity index (χ4v) is 2.14. The first-order valence-electron chi connectivity index (χ1n) is 6.72. The van der Waals surface area contributed by atoms with Crippen molar-refractivity contribution in [1.29, 1.82) is 0 Å². The second-order valence-electron chi connectivity index (χ2n) is 5.08. The van der Waals surface area contributed by atoms with Crippen LogP contribution in [-0.4, -0.2) is 49.6 Å². The maximum absolute atomic E-state index is 10.6. The Morgan fingerprint density at radius 3 is 2.79 bits per heavy atom. The number of benzene rings is 1. The van der Waals surface area contributed by atoms with Gasteiger partial charge in [-0.15, -0.1) is 0 Å². The number of aldehydes is 1. The summed E-state index contributed by atoms with van der Waals surface area (Å²) >= 11 is 0. The van der Waals surface area contributed by atoms with E-state index in [-0.39, 0.29) is 6.10 Å². The zero-order valence-corrected chi connectivity index (χ0v) is 11.5. The molecule has 0 saturated carbocycles. The van der Waals surface area contributed by atoms with Crippen LogP contribution >= 0.6 is 0 Å². The van der Waals surface area contributed by atoms with Gasteiger partial charge < -0.3 is 9.47 Å². The lowest BCUT2D eigenvalue weighted by molar-refractivity contribution is -0.0564. The molecule has 1 aromatic rings. The summed E-state index contributed by atoms with van der Waals surface area (Å²) in [4.78, 5) is 13.0. The summed E-state index contributed by atoms with van der Waals surface area (Å²) in [5, 5.41) is 0. The minimum atomic E-state index is 0.113. The van der Waals surface area contributed by atoms with Crippen molar-refractivity contribution in [3.63, 3.8) is 0 Å². The molecule has 0 N–H and O–H groups in total. The summed E-state index contributed by atoms with van der Waals surface area (Å²) in [5.74, 6) is 0.774. The van der Waals surface area contributed by atoms with Gasteiger partial charge in [-0.2, -0.15) is 0 Å². The Hall–Kier alpha value is -1.39. The Morgan fingerprint density at radius 2 is 2.16 bits per heavy atom. The van der Waals surface area contributed by atoms with Crippen LogP contribution in [0.4, 0.5) is 0 Å². The summed E-state index contributed by atoms with van der Waals surface area (Å²) in [6.45, 7) is 7.59. The molecule has 0 amide bonds. The van der Waals surface area contributed by atoms with Gasteiger partial charge in [0.1, 0.15) is 24.7 Å². The van der Waals surface area contributed by atoms with Crippen molar-refractivity contribution >= 4 is 6.29 Å². The van der Waals surface area contributed by atoms with E-state index in [0.717, 1.165) is 31.7 Å². The van der Waals surface area contributed by atoms with Crippen LogP contribution in [-0.2, 0) is 4.74 Å². The SMILES string of the molecule is CC(C)N1CCOC(COc2ccc(C=O)cc2)C1. The molecule has 1 aromatic carbocycles. The molecular weight excluding hydrogens is 242 g/mol. The minimum absolute atomic E-state index is 0.113. The summed E-state index contributed by atoms with van der Waals surface area (Å²) in [5.41, 5.74) is 0.659. The summed E-state index contributed by atoms with van der Waals surface area (Å²) in [6.07, 6.45) is 0.941. The van der Waals surface area contributed by atoms with E-state index in [4.69, 9.17) is 9.47 Å². The smallest absolute Gasteiger partial charge is 0.150 e. The molecule has 4 nitrogen and oxygen atoms in total. The molecule has 1 fully saturated rings. The molecule has 0 spiro atoms. The standard InChI is InChI=1S/C15H21NO3/c1-12(2)16-7-8-18-15(9-16)11-19-14-5-3-13(10-17)4-6-14/h3-6,10,12,15H,7-9,11H2,1-2H3. The minimum Gasteiger partial charge on any atom is -0.491 e. The maximum atomic E-state index is 10.6. The van der Waals surface area contributed by atoms with E-state index in [1.54, 1.807) is 12.1 Å². The van der Waals surface area contributed by atoms with Crippen molar-refractivity contribution in [2.24, 2.45) is 0 Å². The van der Waals surface area contributed by atoms with Crippen molar-refractivity contribution in [2.45, 2.75) is 26.0 Å². The van der Waals surface area contributed by atoms with E-state index in [2.05, 4.69) is 18.7 Å². The Kier molecular flexibility index (Phi) is 4.93. The van der Waals surface area contributed by atoms with Gasteiger partial charge in [0.05, 0.1) is 6.61 Å². The molecule has 1 aliphatic heterocycles. The summed E-state index contributed by atoms with van der Waals surface area (Å²) < 4.78 is 11.4. The monoisotopic (exact) mass is 263 g/mol. The fraction of sp³-hybridized carbons (Fsp3) is 0.533. The first kappa shape index (κ1) is 14.0. The van der Waals surface area contributed by atoms with Gasteiger partial charge >= 0.3 is 0 Å². The van der Waals surface area contributed by atoms with E-state index in [1.807, 2.05) is 12.1 Å². The Balaban J connectivity index is 1.82. The molecule has 1 heterocycles. The van der Waals surface area contributed by atoms with Crippen LogP contribution < -0.4 is 4.74 Å². The molecular formula is C15H21NO3. The number of carbonyl (C=O) groups excluding carboxylic acids is 1. The first-order chi connectivity index (χ1) is 9.19. The number of hydrogen-bond donors (Lipinski definition) is 0. The van der Waals surface area contributed by atoms with Gasteiger partial charge in [0.15, 0.2) is 0 Å². The Bertz CT molecular complexity index is 402. The molecule has 19 heavy (non-hydrogen) atoms. The van der Waals surface area contributed by atoms with Gasteiger partial charge in [0.25, 0.3) is 0 Å². The Labute approximate surface area is 114 Å². The van der Waals surface area contributed by atoms with Gasteiger partial charge in [-0.3, -0.25) is 9.69 Å². The quantitative estimate of drug-likeness (QED) is 0.762. The molecule has 1 aliphatic rings. The highest BCUT2D eigenvalue weighted by molar-refractivity contribution is 5.74. The molecule has 4 heteroatoms. The van der Waals surface area contributed by atoms with Crippen LogP contribution in [0.1, 0.15) is 24.2 Å². The number of morpholine rings is 1. The Morgan fingerprint density at radius 1 is 1.42 bits per heavy atom. The average Bonchev–Trinajstić information content (AvgIpc) is 2.46. The maximum Gasteiger partial charge on any atom is 0.150 e. The number of carbonyl (C=O) groups is 1. The normalized spacial score (nSPS) is 20.5. The van der Waals surface area contributed by atoms with Gasteiger partial charge in [0, 0.05) is 24.7 Å². The van der Waals surface area contributed by atoms with Crippen LogP contribution in [0, 0.1) is 0 Å². The first-order valence-corrected chi connectivity index (χ1v) is 6.72. The number of nitrogens with zero attached hydrogens (tertiary/aromatic N) is 1. The van der Waals surface area contributed by atoms with Gasteiger partial charge in [-0.05, 0) is 38.1 Å². The lowest BCUT2D eigenvalue weighted by Gasteiger charge is -2.35. The second kappa shape index (κ2) is 6.68. The predicted octanol–water partition coefficient (Wildman–Crippen LogP) is 1.99. The van der Waals surface area contributed by atoms with E-state index in [1.165, 1.54) is 0 Å². The predicted molar refractivity (Wildman–Crippen MR) is 73.8 cm³/mol. The average molecular weight is 263 g/mol. The molecule has 0 aromatic heterocycles. The van der Waals surface area contributed by atoms with Crippen LogP contribution in [0.3, 0.4) is 0 Å². The van der Waals surface area contributed by atoms with Crippen molar-refractivity contribution < 1.29 is 14.3 Å². The summed E-state index contributed by atoms with van der Waals surface area (Å²) in [7, 11) is 0. The van der Waals surface area contributed by atoms with Crippen molar-refractivity contribution in [1.82, 2.24) is 4.90 Å². The van der Waals surface area contributed by atoms with Crippen molar-refractivity contribution in [3.05, 3.63) is 29.8 Å². The zero-order chi connectivity index (χ0) is 13.7. The third kappa shape index (κ3) is 4.04. The fourth-order valence-electron chi connectivity index (χ4n) is 2.14. The van der Waals surface area contributed by atoms with E-state index >= 15 is 0 Å². The zero-order valence-electron chi connectivity index (χ0n) is 11.5. The van der Waals surface area contributed by atoms with E-state index in [9.17, 15) is 4.79 Å². The highest BCUT2D eigenvalue weighted by Gasteiger charge is 2.22. The van der Waals surface area contributed by atoms with Crippen LogP contribution in [0.2, 0.25) is 0 Å². The molecule has 0 radical (unpaired) electrons. The second-order valence-corrected chi connectivity index (χ2v) is 5.08. The molecule has 1 atom stereocenters. The number of ether oxygens (including phenoxy) is 2. The highest BCUT2D eigenvalue weighted by Crippen LogP contribution is 2.14. The molecule has 1 saturated heterocycles. The van der Waals surface area contributed by atoms with Crippen LogP contribution in [0.15, 0.2) is 24.3 Å². The molecule has 0 aliphatic carbocycles. The van der Waals surface area contributed by atoms with E-state index < -0.39 is 0 Å². The molecule has 1 unspecified atom stereocenters. The van der Waals surface area contributed by atoms with Crippen LogP contribution in [0.25, 0.3) is 0 Å². The van der Waals surface area contributed by atoms with Gasteiger partial charge in [-0.25, -0.2) is 0 Å². The lowest BCUT2D eigenvalue weighted by Crippen LogP contribution is -2.47. The summed E-state index contributed by atoms with van der Waals surface area (Å²) in [6, 6.07) is 7.67. The number of rotatable bonds is 5. The number of hydrogen-bond acceptors (Lipinski definition) is 4. The molecule has 2 rings (SSSR count). The van der Waals surface area contributed by atoms with Crippen molar-refractivity contribution in [3.8, 4) is 5.75 Å². The van der Waals surface area contributed by atoms with Crippen LogP contribution in [0.5, 0.6) is 5.75 Å². The molecule has 104 valence electrons. The van der Waals surface area contributed by atoms with Gasteiger partial charge in [0.2, 0.25) is 0 Å². The topological polar surface area (TPSA) is 38.8 Å². The largest absolute Gasteiger partial charge is 0.491 e. The highest BCUT2D eigenvalue weighted by atomic mass is 16.5. The molecule has 0 bridgehead atoms. The van der Waals surface area contributed by atoms with E-state index in [0.29, 0.717) is 18.2 Å². The van der Waals surface area contributed by atoms with Gasteiger partial charge in [-0.1, -0.05) is 0 Å².